The molecule has 0 saturated heterocycles. The summed E-state index contributed by atoms with van der Waals surface area (Å²) in [5, 5.41) is 3.03. The Morgan fingerprint density at radius 2 is 2.38 bits per heavy atom. The summed E-state index contributed by atoms with van der Waals surface area (Å²) in [7, 11) is 1.69. The van der Waals surface area contributed by atoms with Crippen molar-refractivity contribution >= 4 is 0 Å². The van der Waals surface area contributed by atoms with Crippen LogP contribution in [0.25, 0.3) is 0 Å². The molecule has 0 rings (SSSR count). The van der Waals surface area contributed by atoms with Crippen LogP contribution in [0.15, 0.2) is 12.3 Å². The molecule has 0 amide bonds. The van der Waals surface area contributed by atoms with Gasteiger partial charge in [0.25, 0.3) is 0 Å². The summed E-state index contributed by atoms with van der Waals surface area (Å²) in [5.41, 5.74) is 0. The normalized spacial score (nSPS) is 10.2. The van der Waals surface area contributed by atoms with Gasteiger partial charge in [-0.1, -0.05) is 6.08 Å². The van der Waals surface area contributed by atoms with Crippen LogP contribution in [-0.2, 0) is 4.74 Å². The molecule has 0 aromatic carbocycles. The maximum atomic E-state index is 4.79. The Bertz CT molecular complexity index is 61.5. The minimum atomic E-state index is 0.768. The second-order valence-electron chi connectivity index (χ2n) is 1.45. The van der Waals surface area contributed by atoms with Crippen LogP contribution in [-0.4, -0.2) is 20.3 Å². The van der Waals surface area contributed by atoms with E-state index in [-0.39, 0.29) is 0 Å². The van der Waals surface area contributed by atoms with Gasteiger partial charge in [-0.05, 0) is 13.1 Å². The molecule has 0 aromatic heterocycles. The van der Waals surface area contributed by atoms with Gasteiger partial charge in [-0.25, -0.2) is 0 Å². The molecule has 0 bridgehead atoms. The SMILES string of the molecule is C/C=C\NCCOC. The quantitative estimate of drug-likeness (QED) is 0.546. The number of rotatable bonds is 4. The van der Waals surface area contributed by atoms with E-state index in [0.29, 0.717) is 0 Å². The molecule has 48 valence electrons. The Balaban J connectivity index is 2.72. The van der Waals surface area contributed by atoms with Crippen LogP contribution in [0.1, 0.15) is 6.92 Å². The van der Waals surface area contributed by atoms with Crippen molar-refractivity contribution in [1.82, 2.24) is 5.32 Å². The summed E-state index contributed by atoms with van der Waals surface area (Å²) in [5.74, 6) is 0. The molecule has 2 heteroatoms. The van der Waals surface area contributed by atoms with Gasteiger partial charge >= 0.3 is 0 Å². The Labute approximate surface area is 50.5 Å². The van der Waals surface area contributed by atoms with Crippen LogP contribution in [0.2, 0.25) is 0 Å². The summed E-state index contributed by atoms with van der Waals surface area (Å²) >= 11 is 0. The Hall–Kier alpha value is -0.500. The highest BCUT2D eigenvalue weighted by atomic mass is 16.5. The van der Waals surface area contributed by atoms with Crippen molar-refractivity contribution in [2.45, 2.75) is 6.92 Å². The van der Waals surface area contributed by atoms with Crippen LogP contribution >= 0.6 is 0 Å². The van der Waals surface area contributed by atoms with Gasteiger partial charge < -0.3 is 10.1 Å². The third kappa shape index (κ3) is 5.50. The van der Waals surface area contributed by atoms with E-state index in [2.05, 4.69) is 5.32 Å². The number of allylic oxidation sites excluding steroid dienone is 1. The van der Waals surface area contributed by atoms with Crippen LogP contribution in [0.4, 0.5) is 0 Å². The van der Waals surface area contributed by atoms with Gasteiger partial charge in [-0.2, -0.15) is 0 Å². The van der Waals surface area contributed by atoms with Crippen molar-refractivity contribution in [3.05, 3.63) is 12.3 Å². The third-order valence-corrected chi connectivity index (χ3v) is 0.735. The highest BCUT2D eigenvalue weighted by Gasteiger charge is 1.74. The van der Waals surface area contributed by atoms with Gasteiger partial charge in [0.2, 0.25) is 0 Å². The fourth-order valence-electron chi connectivity index (χ4n) is 0.362. The van der Waals surface area contributed by atoms with Crippen molar-refractivity contribution < 1.29 is 4.74 Å². The monoisotopic (exact) mass is 115 g/mol. The summed E-state index contributed by atoms with van der Waals surface area (Å²) < 4.78 is 4.79. The van der Waals surface area contributed by atoms with E-state index in [9.17, 15) is 0 Å². The van der Waals surface area contributed by atoms with Gasteiger partial charge in [-0.3, -0.25) is 0 Å². The molecular weight excluding hydrogens is 102 g/mol. The second kappa shape index (κ2) is 6.50. The lowest BCUT2D eigenvalue weighted by Gasteiger charge is -1.95. The molecule has 0 heterocycles. The summed E-state index contributed by atoms with van der Waals surface area (Å²) in [6, 6.07) is 0. The Morgan fingerprint density at radius 3 is 2.88 bits per heavy atom. The third-order valence-electron chi connectivity index (χ3n) is 0.735. The fraction of sp³-hybridized carbons (Fsp3) is 0.667. The smallest absolute Gasteiger partial charge is 0.0635 e. The standard InChI is InChI=1S/C6H13NO/c1-3-4-7-5-6-8-2/h3-4,7H,5-6H2,1-2H3/b4-3-. The van der Waals surface area contributed by atoms with Crippen molar-refractivity contribution in [2.75, 3.05) is 20.3 Å². The molecule has 0 unspecified atom stereocenters. The maximum Gasteiger partial charge on any atom is 0.0635 e. The number of hydrogen-bond acceptors (Lipinski definition) is 2. The van der Waals surface area contributed by atoms with Gasteiger partial charge in [0.05, 0.1) is 6.61 Å². The summed E-state index contributed by atoms with van der Waals surface area (Å²) in [6.07, 6.45) is 3.86. The lowest BCUT2D eigenvalue weighted by atomic mass is 10.6. The second-order valence-corrected chi connectivity index (χ2v) is 1.45. The van der Waals surface area contributed by atoms with Crippen molar-refractivity contribution in [3.8, 4) is 0 Å². The molecule has 0 aromatic rings. The molecule has 0 spiro atoms. The number of hydrogen-bond donors (Lipinski definition) is 1. The zero-order valence-electron chi connectivity index (χ0n) is 5.48. The first-order valence-electron chi connectivity index (χ1n) is 2.75. The molecule has 0 aliphatic rings. The average Bonchev–Trinajstić information content (AvgIpc) is 1.81. The van der Waals surface area contributed by atoms with E-state index in [1.165, 1.54) is 0 Å². The molecule has 0 fully saturated rings. The molecule has 0 atom stereocenters. The molecule has 0 aliphatic heterocycles. The molecule has 8 heavy (non-hydrogen) atoms. The van der Waals surface area contributed by atoms with Crippen molar-refractivity contribution in [1.29, 1.82) is 0 Å². The molecule has 0 radical (unpaired) electrons. The van der Waals surface area contributed by atoms with E-state index >= 15 is 0 Å². The van der Waals surface area contributed by atoms with Crippen LogP contribution in [0.3, 0.4) is 0 Å². The average molecular weight is 115 g/mol. The number of nitrogens with one attached hydrogen (secondary N) is 1. The van der Waals surface area contributed by atoms with Gasteiger partial charge in [0.1, 0.15) is 0 Å². The van der Waals surface area contributed by atoms with Gasteiger partial charge in [-0.15, -0.1) is 0 Å². The highest BCUT2D eigenvalue weighted by molar-refractivity contribution is 4.72. The minimum absolute atomic E-state index is 0.768. The van der Waals surface area contributed by atoms with E-state index in [1.807, 2.05) is 19.2 Å². The predicted octanol–water partition coefficient (Wildman–Crippen LogP) is 0.756. The first-order valence-corrected chi connectivity index (χ1v) is 2.75. The van der Waals surface area contributed by atoms with E-state index in [4.69, 9.17) is 4.74 Å². The van der Waals surface area contributed by atoms with Crippen molar-refractivity contribution in [2.24, 2.45) is 0 Å². The summed E-state index contributed by atoms with van der Waals surface area (Å²) in [4.78, 5) is 0. The zero-order chi connectivity index (χ0) is 6.24. The molecule has 0 saturated carbocycles. The largest absolute Gasteiger partial charge is 0.389 e. The topological polar surface area (TPSA) is 21.3 Å². The zero-order valence-corrected chi connectivity index (χ0v) is 5.48. The summed E-state index contributed by atoms with van der Waals surface area (Å²) in [6.45, 7) is 3.63. The maximum absolute atomic E-state index is 4.79. The number of ether oxygens (including phenoxy) is 1. The van der Waals surface area contributed by atoms with E-state index < -0.39 is 0 Å². The lowest BCUT2D eigenvalue weighted by molar-refractivity contribution is 0.203. The van der Waals surface area contributed by atoms with Crippen LogP contribution in [0, 0.1) is 0 Å². The van der Waals surface area contributed by atoms with Gasteiger partial charge in [0, 0.05) is 13.7 Å². The Morgan fingerprint density at radius 1 is 1.62 bits per heavy atom. The first-order chi connectivity index (χ1) is 3.91. The fourth-order valence-corrected chi connectivity index (χ4v) is 0.362. The first kappa shape index (κ1) is 7.50. The van der Waals surface area contributed by atoms with Crippen molar-refractivity contribution in [3.63, 3.8) is 0 Å². The minimum Gasteiger partial charge on any atom is -0.389 e. The molecular formula is C6H13NO. The van der Waals surface area contributed by atoms with E-state index in [0.717, 1.165) is 13.2 Å². The van der Waals surface area contributed by atoms with Crippen LogP contribution in [0.5, 0.6) is 0 Å². The number of methoxy groups -OCH3 is 1. The van der Waals surface area contributed by atoms with Crippen LogP contribution < -0.4 is 5.32 Å². The molecule has 2 nitrogen and oxygen atoms in total. The van der Waals surface area contributed by atoms with E-state index in [1.54, 1.807) is 7.11 Å². The lowest BCUT2D eigenvalue weighted by Crippen LogP contribution is -2.11. The Kier molecular flexibility index (Phi) is 6.09. The highest BCUT2D eigenvalue weighted by Crippen LogP contribution is 1.65. The predicted molar refractivity (Wildman–Crippen MR) is 34.7 cm³/mol. The molecule has 0 aliphatic carbocycles. The van der Waals surface area contributed by atoms with Gasteiger partial charge in [0.15, 0.2) is 0 Å². The molecule has 1 N–H and O–H groups in total.